The first-order valence-corrected chi connectivity index (χ1v) is 7.63. The Hall–Kier alpha value is -1.89. The number of aromatic carboxylic acids is 1. The molecule has 1 aliphatic rings. The van der Waals surface area contributed by atoms with Crippen molar-refractivity contribution >= 4 is 21.9 Å². The number of benzene rings is 1. The lowest BCUT2D eigenvalue weighted by atomic mass is 10.1. The zero-order chi connectivity index (χ0) is 15.1. The summed E-state index contributed by atoms with van der Waals surface area (Å²) in [6, 6.07) is 3.54. The molecule has 7 heteroatoms. The molecule has 0 radical (unpaired) electrons. The number of hydrogen-bond acceptors (Lipinski definition) is 4. The first-order valence-electron chi connectivity index (χ1n) is 6.19. The van der Waals surface area contributed by atoms with Gasteiger partial charge in [0.15, 0.2) is 0 Å². The van der Waals surface area contributed by atoms with E-state index in [1.807, 2.05) is 13.8 Å². The van der Waals surface area contributed by atoms with Crippen molar-refractivity contribution in [3.05, 3.63) is 29.3 Å². The van der Waals surface area contributed by atoms with Crippen LogP contribution >= 0.6 is 0 Å². The van der Waals surface area contributed by atoms with Crippen molar-refractivity contribution in [2.75, 3.05) is 6.54 Å². The van der Waals surface area contributed by atoms with Gasteiger partial charge in [-0.25, -0.2) is 17.5 Å². The van der Waals surface area contributed by atoms with Crippen LogP contribution in [-0.2, 0) is 10.0 Å². The molecule has 0 saturated carbocycles. The molecule has 1 amide bonds. The van der Waals surface area contributed by atoms with E-state index in [1.54, 1.807) is 0 Å². The lowest BCUT2D eigenvalue weighted by molar-refractivity contribution is 0.0695. The highest BCUT2D eigenvalue weighted by Gasteiger charge is 2.41. The number of carboxylic acid groups (broad SMARTS) is 1. The fourth-order valence-corrected chi connectivity index (χ4v) is 3.61. The highest BCUT2D eigenvalue weighted by atomic mass is 32.2. The summed E-state index contributed by atoms with van der Waals surface area (Å²) in [6.07, 6.45) is 0.560. The van der Waals surface area contributed by atoms with Gasteiger partial charge in [-0.05, 0) is 30.5 Å². The fourth-order valence-electron chi connectivity index (χ4n) is 2.00. The van der Waals surface area contributed by atoms with E-state index in [2.05, 4.69) is 0 Å². The van der Waals surface area contributed by atoms with Gasteiger partial charge in [0.05, 0.1) is 11.1 Å². The largest absolute Gasteiger partial charge is 0.478 e. The topological polar surface area (TPSA) is 91.8 Å². The van der Waals surface area contributed by atoms with Crippen molar-refractivity contribution in [3.8, 4) is 0 Å². The molecule has 0 unspecified atom stereocenters. The summed E-state index contributed by atoms with van der Waals surface area (Å²) < 4.78 is 25.4. The summed E-state index contributed by atoms with van der Waals surface area (Å²) in [4.78, 5) is 22.8. The maximum absolute atomic E-state index is 12.3. The second-order valence-electron chi connectivity index (χ2n) is 5.08. The minimum atomic E-state index is -3.93. The number of fused-ring (bicyclic) bond motifs is 1. The molecule has 1 aromatic rings. The van der Waals surface area contributed by atoms with E-state index in [0.717, 1.165) is 10.4 Å². The van der Waals surface area contributed by atoms with Crippen molar-refractivity contribution < 1.29 is 23.1 Å². The molecule has 0 aromatic heterocycles. The zero-order valence-electron chi connectivity index (χ0n) is 11.2. The smallest absolute Gasteiger partial charge is 0.335 e. The number of carbonyl (C=O) groups is 2. The van der Waals surface area contributed by atoms with Crippen molar-refractivity contribution in [1.82, 2.24) is 4.31 Å². The molecule has 0 atom stereocenters. The highest BCUT2D eigenvalue weighted by molar-refractivity contribution is 7.90. The monoisotopic (exact) mass is 297 g/mol. The van der Waals surface area contributed by atoms with Crippen LogP contribution in [0.25, 0.3) is 0 Å². The van der Waals surface area contributed by atoms with Gasteiger partial charge in [-0.15, -0.1) is 0 Å². The Kier molecular flexibility index (Phi) is 3.56. The molecule has 0 saturated heterocycles. The van der Waals surface area contributed by atoms with Gasteiger partial charge in [-0.2, -0.15) is 0 Å². The summed E-state index contributed by atoms with van der Waals surface area (Å²) in [5, 5.41) is 8.90. The van der Waals surface area contributed by atoms with Crippen molar-refractivity contribution in [2.45, 2.75) is 25.2 Å². The Morgan fingerprint density at radius 3 is 2.55 bits per heavy atom. The van der Waals surface area contributed by atoms with Gasteiger partial charge >= 0.3 is 5.97 Å². The van der Waals surface area contributed by atoms with Gasteiger partial charge in [0, 0.05) is 6.54 Å². The molecule has 1 heterocycles. The molecule has 2 rings (SSSR count). The minimum Gasteiger partial charge on any atom is -0.478 e. The van der Waals surface area contributed by atoms with Crippen molar-refractivity contribution in [2.24, 2.45) is 5.92 Å². The molecular formula is C13H15NO5S. The Morgan fingerprint density at radius 2 is 2.00 bits per heavy atom. The van der Waals surface area contributed by atoms with E-state index in [4.69, 9.17) is 5.11 Å². The van der Waals surface area contributed by atoms with Gasteiger partial charge in [0.2, 0.25) is 0 Å². The molecule has 1 N–H and O–H groups in total. The second-order valence-corrected chi connectivity index (χ2v) is 6.91. The standard InChI is InChI=1S/C13H15NO5S/c1-8(2)5-6-14-12(15)10-4-3-9(13(16)17)7-11(10)20(14,18)19/h3-4,7-8H,5-6H2,1-2H3,(H,16,17). The third-order valence-corrected chi connectivity index (χ3v) is 4.99. The van der Waals surface area contributed by atoms with Crippen LogP contribution in [0, 0.1) is 5.92 Å². The normalized spacial score (nSPS) is 16.6. The first-order chi connectivity index (χ1) is 9.25. The van der Waals surface area contributed by atoms with Crippen LogP contribution in [0.1, 0.15) is 41.0 Å². The molecule has 108 valence electrons. The summed E-state index contributed by atoms with van der Waals surface area (Å²) in [5.41, 5.74) is -0.107. The first kappa shape index (κ1) is 14.5. The average molecular weight is 297 g/mol. The Labute approximate surface area is 117 Å². The van der Waals surface area contributed by atoms with E-state index in [1.165, 1.54) is 12.1 Å². The van der Waals surface area contributed by atoms with E-state index in [0.29, 0.717) is 6.42 Å². The van der Waals surface area contributed by atoms with E-state index >= 15 is 0 Å². The number of amides is 1. The lowest BCUT2D eigenvalue weighted by Crippen LogP contribution is -2.31. The Morgan fingerprint density at radius 1 is 1.35 bits per heavy atom. The van der Waals surface area contributed by atoms with Gasteiger partial charge in [0.25, 0.3) is 15.9 Å². The van der Waals surface area contributed by atoms with Gasteiger partial charge in [-0.1, -0.05) is 13.8 Å². The molecular weight excluding hydrogens is 282 g/mol. The van der Waals surface area contributed by atoms with Crippen LogP contribution in [-0.4, -0.2) is 36.3 Å². The number of nitrogens with zero attached hydrogens (tertiary/aromatic N) is 1. The van der Waals surface area contributed by atoms with Crippen LogP contribution in [0.5, 0.6) is 0 Å². The van der Waals surface area contributed by atoms with E-state index < -0.39 is 21.9 Å². The summed E-state index contributed by atoms with van der Waals surface area (Å²) in [5.74, 6) is -1.55. The second kappa shape index (κ2) is 4.90. The van der Waals surface area contributed by atoms with Gasteiger partial charge < -0.3 is 5.11 Å². The molecule has 0 fully saturated rings. The maximum atomic E-state index is 12.3. The summed E-state index contributed by atoms with van der Waals surface area (Å²) >= 11 is 0. The molecule has 6 nitrogen and oxygen atoms in total. The summed E-state index contributed by atoms with van der Waals surface area (Å²) in [6.45, 7) is 3.97. The van der Waals surface area contributed by atoms with Crippen molar-refractivity contribution in [3.63, 3.8) is 0 Å². The molecule has 1 aliphatic heterocycles. The minimum absolute atomic E-state index is 0.0405. The SMILES string of the molecule is CC(C)CCN1C(=O)c2ccc(C(=O)O)cc2S1(=O)=O. The highest BCUT2D eigenvalue weighted by Crippen LogP contribution is 2.31. The molecule has 0 bridgehead atoms. The van der Waals surface area contributed by atoms with Crippen LogP contribution in [0.4, 0.5) is 0 Å². The zero-order valence-corrected chi connectivity index (χ0v) is 12.0. The number of sulfonamides is 1. The third-order valence-electron chi connectivity index (χ3n) is 3.16. The molecule has 1 aromatic carbocycles. The number of carboxylic acids is 1. The van der Waals surface area contributed by atoms with Crippen LogP contribution in [0.2, 0.25) is 0 Å². The predicted molar refractivity (Wildman–Crippen MR) is 71.1 cm³/mol. The predicted octanol–water partition coefficient (Wildman–Crippen LogP) is 1.58. The molecule has 0 spiro atoms. The Bertz CT molecular complexity index is 678. The molecule has 20 heavy (non-hydrogen) atoms. The lowest BCUT2D eigenvalue weighted by Gasteiger charge is -2.16. The van der Waals surface area contributed by atoms with Crippen LogP contribution in [0.3, 0.4) is 0 Å². The number of rotatable bonds is 4. The van der Waals surface area contributed by atoms with E-state index in [9.17, 15) is 18.0 Å². The van der Waals surface area contributed by atoms with E-state index in [-0.39, 0.29) is 28.5 Å². The Balaban J connectivity index is 2.45. The maximum Gasteiger partial charge on any atom is 0.335 e. The van der Waals surface area contributed by atoms with Crippen LogP contribution < -0.4 is 0 Å². The number of hydrogen-bond donors (Lipinski definition) is 1. The third kappa shape index (κ3) is 2.29. The van der Waals surface area contributed by atoms with Gasteiger partial charge in [-0.3, -0.25) is 4.79 Å². The van der Waals surface area contributed by atoms with Crippen LogP contribution in [0.15, 0.2) is 23.1 Å². The quantitative estimate of drug-likeness (QED) is 0.910. The fraction of sp³-hybridized carbons (Fsp3) is 0.385. The average Bonchev–Trinajstić information content (AvgIpc) is 2.55. The molecule has 0 aliphatic carbocycles. The summed E-state index contributed by atoms with van der Waals surface area (Å²) in [7, 11) is -3.93. The van der Waals surface area contributed by atoms with Gasteiger partial charge in [0.1, 0.15) is 4.90 Å². The number of carbonyl (C=O) groups excluding carboxylic acids is 1. The van der Waals surface area contributed by atoms with Crippen molar-refractivity contribution in [1.29, 1.82) is 0 Å².